The molecule has 2 aliphatic heterocycles. The lowest BCUT2D eigenvalue weighted by Gasteiger charge is -2.30. The van der Waals surface area contributed by atoms with E-state index in [1.807, 2.05) is 23.9 Å². The average Bonchev–Trinajstić information content (AvgIpc) is 3.05. The van der Waals surface area contributed by atoms with Gasteiger partial charge in [-0.2, -0.15) is 5.10 Å². The highest BCUT2D eigenvalue weighted by Gasteiger charge is 2.41. The molecule has 0 aliphatic carbocycles. The molecule has 0 fully saturated rings. The molecule has 0 radical (unpaired) electrons. The second-order valence-electron chi connectivity index (χ2n) is 5.59. The van der Waals surface area contributed by atoms with Crippen molar-refractivity contribution in [1.82, 2.24) is 9.78 Å². The molecule has 4 rings (SSSR count). The van der Waals surface area contributed by atoms with Crippen LogP contribution in [0.25, 0.3) is 11.3 Å². The summed E-state index contributed by atoms with van der Waals surface area (Å²) in [6, 6.07) is 8.45. The van der Waals surface area contributed by atoms with E-state index in [1.165, 1.54) is 0 Å². The van der Waals surface area contributed by atoms with Gasteiger partial charge in [-0.3, -0.25) is 4.68 Å². The second kappa shape index (κ2) is 4.25. The van der Waals surface area contributed by atoms with Crippen molar-refractivity contribution in [2.75, 3.05) is 13.2 Å². The Labute approximate surface area is 122 Å². The minimum atomic E-state index is -0.373. The minimum Gasteiger partial charge on any atom is -0.491 e. The van der Waals surface area contributed by atoms with Gasteiger partial charge in [-0.25, -0.2) is 4.99 Å². The molecule has 1 atom stereocenters. The Kier molecular flexibility index (Phi) is 2.48. The SMILES string of the molecule is Cn1nccc1-c1ccc2c(c1)CC1(COC(N)=N1)CO2. The van der Waals surface area contributed by atoms with E-state index in [1.54, 1.807) is 6.20 Å². The van der Waals surface area contributed by atoms with E-state index < -0.39 is 0 Å². The number of nitrogens with zero attached hydrogens (tertiary/aromatic N) is 3. The number of rotatable bonds is 1. The van der Waals surface area contributed by atoms with Gasteiger partial charge in [0.1, 0.15) is 24.5 Å². The number of hydrogen-bond acceptors (Lipinski definition) is 5. The molecule has 2 aromatic rings. The quantitative estimate of drug-likeness (QED) is 0.851. The van der Waals surface area contributed by atoms with Crippen LogP contribution in [-0.4, -0.2) is 34.6 Å². The van der Waals surface area contributed by atoms with Crippen molar-refractivity contribution in [2.45, 2.75) is 12.0 Å². The molecule has 2 N–H and O–H groups in total. The molecule has 108 valence electrons. The van der Waals surface area contributed by atoms with Crippen LogP contribution in [0.3, 0.4) is 0 Å². The highest BCUT2D eigenvalue weighted by molar-refractivity contribution is 5.74. The topological polar surface area (TPSA) is 74.7 Å². The summed E-state index contributed by atoms with van der Waals surface area (Å²) in [5, 5.41) is 4.21. The van der Waals surface area contributed by atoms with Gasteiger partial charge in [0, 0.05) is 25.2 Å². The summed E-state index contributed by atoms with van der Waals surface area (Å²) in [5.41, 5.74) is 8.59. The lowest BCUT2D eigenvalue weighted by atomic mass is 9.89. The Morgan fingerprint density at radius 3 is 2.81 bits per heavy atom. The maximum Gasteiger partial charge on any atom is 0.282 e. The fourth-order valence-corrected chi connectivity index (χ4v) is 2.96. The largest absolute Gasteiger partial charge is 0.491 e. The van der Waals surface area contributed by atoms with E-state index in [2.05, 4.69) is 22.2 Å². The van der Waals surface area contributed by atoms with E-state index in [0.29, 0.717) is 13.2 Å². The molecule has 21 heavy (non-hydrogen) atoms. The Bertz CT molecular complexity index is 737. The molecule has 1 aromatic carbocycles. The minimum absolute atomic E-state index is 0.254. The van der Waals surface area contributed by atoms with Crippen LogP contribution in [0.15, 0.2) is 35.5 Å². The number of aliphatic imine (C=N–C) groups is 1. The van der Waals surface area contributed by atoms with Crippen LogP contribution >= 0.6 is 0 Å². The Morgan fingerprint density at radius 1 is 1.24 bits per heavy atom. The van der Waals surface area contributed by atoms with E-state index in [0.717, 1.165) is 29.0 Å². The summed E-state index contributed by atoms with van der Waals surface area (Å²) in [6.45, 7) is 0.986. The molecule has 1 unspecified atom stereocenters. The molecule has 0 saturated carbocycles. The number of benzene rings is 1. The molecule has 6 nitrogen and oxygen atoms in total. The first-order chi connectivity index (χ1) is 10.2. The maximum absolute atomic E-state index is 5.85. The number of hydrogen-bond donors (Lipinski definition) is 1. The second-order valence-corrected chi connectivity index (χ2v) is 5.59. The molecule has 0 bridgehead atoms. The summed E-state index contributed by atoms with van der Waals surface area (Å²) in [4.78, 5) is 4.42. The van der Waals surface area contributed by atoms with Crippen LogP contribution in [0, 0.1) is 0 Å². The predicted octanol–water partition coefficient (Wildman–Crippen LogP) is 1.11. The van der Waals surface area contributed by atoms with Crippen molar-refractivity contribution in [3.63, 3.8) is 0 Å². The number of aryl methyl sites for hydroxylation is 1. The van der Waals surface area contributed by atoms with Crippen molar-refractivity contribution in [3.05, 3.63) is 36.0 Å². The summed E-state index contributed by atoms with van der Waals surface area (Å²) in [6.07, 6.45) is 2.57. The first-order valence-electron chi connectivity index (χ1n) is 6.87. The highest BCUT2D eigenvalue weighted by atomic mass is 16.5. The summed E-state index contributed by atoms with van der Waals surface area (Å²) >= 11 is 0. The van der Waals surface area contributed by atoms with Crippen LogP contribution in [0.1, 0.15) is 5.56 Å². The number of aromatic nitrogens is 2. The summed E-state index contributed by atoms with van der Waals surface area (Å²) < 4.78 is 13.0. The van der Waals surface area contributed by atoms with Crippen LogP contribution in [-0.2, 0) is 18.2 Å². The monoisotopic (exact) mass is 284 g/mol. The van der Waals surface area contributed by atoms with Gasteiger partial charge in [-0.05, 0) is 29.8 Å². The lowest BCUT2D eigenvalue weighted by Crippen LogP contribution is -2.41. The fraction of sp³-hybridized carbons (Fsp3) is 0.333. The Balaban J connectivity index is 1.73. The molecule has 1 aromatic heterocycles. The van der Waals surface area contributed by atoms with Crippen molar-refractivity contribution >= 4 is 6.02 Å². The molecule has 2 aliphatic rings. The number of amidine groups is 1. The van der Waals surface area contributed by atoms with Crippen LogP contribution in [0.4, 0.5) is 0 Å². The molecule has 6 heteroatoms. The summed E-state index contributed by atoms with van der Waals surface area (Å²) in [7, 11) is 1.93. The third-order valence-electron chi connectivity index (χ3n) is 4.03. The number of ether oxygens (including phenoxy) is 2. The molecular formula is C15H16N4O2. The van der Waals surface area contributed by atoms with E-state index >= 15 is 0 Å². The molecule has 3 heterocycles. The van der Waals surface area contributed by atoms with Crippen molar-refractivity contribution in [2.24, 2.45) is 17.8 Å². The first kappa shape index (κ1) is 12.3. The van der Waals surface area contributed by atoms with Gasteiger partial charge in [-0.1, -0.05) is 0 Å². The van der Waals surface area contributed by atoms with Gasteiger partial charge < -0.3 is 15.2 Å². The van der Waals surface area contributed by atoms with Crippen LogP contribution in [0.2, 0.25) is 0 Å². The molecule has 0 saturated heterocycles. The molecule has 0 amide bonds. The maximum atomic E-state index is 5.85. The number of nitrogens with two attached hydrogens (primary N) is 1. The van der Waals surface area contributed by atoms with Gasteiger partial charge >= 0.3 is 0 Å². The summed E-state index contributed by atoms with van der Waals surface area (Å²) in [5.74, 6) is 0.909. The Hall–Kier alpha value is -2.50. The van der Waals surface area contributed by atoms with Crippen molar-refractivity contribution in [1.29, 1.82) is 0 Å². The average molecular weight is 284 g/mol. The van der Waals surface area contributed by atoms with Crippen LogP contribution in [0.5, 0.6) is 5.75 Å². The van der Waals surface area contributed by atoms with Crippen molar-refractivity contribution < 1.29 is 9.47 Å². The van der Waals surface area contributed by atoms with Crippen molar-refractivity contribution in [3.8, 4) is 17.0 Å². The number of fused-ring (bicyclic) bond motifs is 1. The van der Waals surface area contributed by atoms with Gasteiger partial charge in [0.05, 0.1) is 5.69 Å². The fourth-order valence-electron chi connectivity index (χ4n) is 2.96. The molecule has 1 spiro atoms. The Morgan fingerprint density at radius 2 is 2.10 bits per heavy atom. The van der Waals surface area contributed by atoms with Gasteiger partial charge in [-0.15, -0.1) is 0 Å². The van der Waals surface area contributed by atoms with Crippen LogP contribution < -0.4 is 10.5 Å². The normalized spacial score (nSPS) is 23.4. The zero-order valence-corrected chi connectivity index (χ0v) is 11.7. The zero-order chi connectivity index (χ0) is 14.4. The van der Waals surface area contributed by atoms with Gasteiger partial charge in [0.25, 0.3) is 6.02 Å². The highest BCUT2D eigenvalue weighted by Crippen LogP contribution is 2.36. The standard InChI is InChI=1S/C15H16N4O2/c1-19-12(4-5-17-19)10-2-3-13-11(6-10)7-15(8-20-13)9-21-14(16)18-15/h2-6H,7-9H2,1H3,(H2,16,18). The zero-order valence-electron chi connectivity index (χ0n) is 11.7. The smallest absolute Gasteiger partial charge is 0.282 e. The lowest BCUT2D eigenvalue weighted by molar-refractivity contribution is 0.153. The van der Waals surface area contributed by atoms with Gasteiger partial charge in [0.15, 0.2) is 0 Å². The third-order valence-corrected chi connectivity index (χ3v) is 4.03. The van der Waals surface area contributed by atoms with E-state index in [9.17, 15) is 0 Å². The molecular weight excluding hydrogens is 268 g/mol. The van der Waals surface area contributed by atoms with E-state index in [-0.39, 0.29) is 11.6 Å². The predicted molar refractivity (Wildman–Crippen MR) is 78.1 cm³/mol. The van der Waals surface area contributed by atoms with E-state index in [4.69, 9.17) is 15.2 Å². The third kappa shape index (κ3) is 1.94. The first-order valence-corrected chi connectivity index (χ1v) is 6.87. The van der Waals surface area contributed by atoms with Gasteiger partial charge in [0.2, 0.25) is 0 Å².